The van der Waals surface area contributed by atoms with Gasteiger partial charge in [0, 0.05) is 10.7 Å². The van der Waals surface area contributed by atoms with Gasteiger partial charge in [-0.1, -0.05) is 15.9 Å². The summed E-state index contributed by atoms with van der Waals surface area (Å²) >= 11 is 3.01. The van der Waals surface area contributed by atoms with Crippen LogP contribution in [0, 0.1) is 11.6 Å². The molecule has 0 unspecified atom stereocenters. The lowest BCUT2D eigenvalue weighted by molar-refractivity contribution is 0.295. The normalized spacial score (nSPS) is 11.5. The van der Waals surface area contributed by atoms with Crippen molar-refractivity contribution in [3.05, 3.63) is 28.2 Å². The lowest BCUT2D eigenvalue weighted by Crippen LogP contribution is -2.08. The molecule has 0 saturated carbocycles. The molecule has 0 aromatic heterocycles. The van der Waals surface area contributed by atoms with E-state index in [1.165, 1.54) is 6.07 Å². The summed E-state index contributed by atoms with van der Waals surface area (Å²) in [6.45, 7) is 0.0138. The highest BCUT2D eigenvalue weighted by molar-refractivity contribution is 9.10. The summed E-state index contributed by atoms with van der Waals surface area (Å²) in [7, 11) is -3.06. The summed E-state index contributed by atoms with van der Waals surface area (Å²) in [5.41, 5.74) is 0. The van der Waals surface area contributed by atoms with Gasteiger partial charge in [0.05, 0.1) is 12.4 Å². The quantitative estimate of drug-likeness (QED) is 0.616. The largest absolute Gasteiger partial charge is 0.490 e. The Morgan fingerprint density at radius 2 is 2.00 bits per heavy atom. The first-order valence-electron chi connectivity index (χ1n) is 4.74. The number of sulfone groups is 1. The molecule has 0 amide bonds. The van der Waals surface area contributed by atoms with Gasteiger partial charge in [0.1, 0.15) is 9.84 Å². The second-order valence-corrected chi connectivity index (χ2v) is 6.71. The summed E-state index contributed by atoms with van der Waals surface area (Å²) in [4.78, 5) is 0. The maximum Gasteiger partial charge on any atom is 0.200 e. The molecule has 96 valence electrons. The summed E-state index contributed by atoms with van der Waals surface area (Å²) in [6.07, 6.45) is 1.33. The lowest BCUT2D eigenvalue weighted by atomic mass is 10.3. The van der Waals surface area contributed by atoms with Gasteiger partial charge in [0.2, 0.25) is 5.82 Å². The van der Waals surface area contributed by atoms with Gasteiger partial charge in [-0.3, -0.25) is 0 Å². The molecule has 0 aliphatic heterocycles. The van der Waals surface area contributed by atoms with Crippen molar-refractivity contribution in [2.75, 3.05) is 18.6 Å². The van der Waals surface area contributed by atoms with E-state index in [4.69, 9.17) is 4.74 Å². The van der Waals surface area contributed by atoms with Crippen LogP contribution in [-0.4, -0.2) is 27.0 Å². The Morgan fingerprint density at radius 1 is 1.35 bits per heavy atom. The summed E-state index contributed by atoms with van der Waals surface area (Å²) in [5.74, 6) is -2.37. The minimum absolute atomic E-state index is 0.0138. The van der Waals surface area contributed by atoms with Crippen LogP contribution in [0.25, 0.3) is 0 Å². The summed E-state index contributed by atoms with van der Waals surface area (Å²) in [6, 6.07) is 2.28. The zero-order chi connectivity index (χ0) is 13.1. The molecule has 0 saturated heterocycles. The molecular formula is C10H11BrF2O3S. The maximum atomic E-state index is 13.2. The van der Waals surface area contributed by atoms with Crippen molar-refractivity contribution in [3.63, 3.8) is 0 Å². The molecule has 0 radical (unpaired) electrons. The average molecular weight is 329 g/mol. The zero-order valence-electron chi connectivity index (χ0n) is 9.04. The topological polar surface area (TPSA) is 43.4 Å². The molecule has 1 aromatic rings. The lowest BCUT2D eigenvalue weighted by Gasteiger charge is -2.07. The van der Waals surface area contributed by atoms with E-state index in [9.17, 15) is 17.2 Å². The molecular weight excluding hydrogens is 318 g/mol. The third-order valence-electron chi connectivity index (χ3n) is 1.88. The minimum Gasteiger partial charge on any atom is -0.490 e. The molecule has 1 aromatic carbocycles. The Morgan fingerprint density at radius 3 is 2.59 bits per heavy atom. The molecule has 1 rings (SSSR count). The number of halogens is 3. The number of ether oxygens (including phenoxy) is 1. The second kappa shape index (κ2) is 5.77. The first-order valence-corrected chi connectivity index (χ1v) is 7.60. The first-order chi connectivity index (χ1) is 7.79. The Hall–Kier alpha value is -0.690. The fourth-order valence-electron chi connectivity index (χ4n) is 1.14. The Bertz CT molecular complexity index is 503. The van der Waals surface area contributed by atoms with Crippen molar-refractivity contribution >= 4 is 25.8 Å². The highest BCUT2D eigenvalue weighted by Crippen LogP contribution is 2.25. The van der Waals surface area contributed by atoms with Crippen LogP contribution in [0.3, 0.4) is 0 Å². The van der Waals surface area contributed by atoms with E-state index in [0.717, 1.165) is 12.3 Å². The maximum absolute atomic E-state index is 13.2. The molecule has 0 bridgehead atoms. The van der Waals surface area contributed by atoms with Crippen LogP contribution in [0.2, 0.25) is 0 Å². The van der Waals surface area contributed by atoms with E-state index in [0.29, 0.717) is 4.47 Å². The van der Waals surface area contributed by atoms with Gasteiger partial charge >= 0.3 is 0 Å². The molecule has 0 aliphatic rings. The molecule has 0 aliphatic carbocycles. The van der Waals surface area contributed by atoms with Crippen LogP contribution in [0.15, 0.2) is 16.6 Å². The van der Waals surface area contributed by atoms with Gasteiger partial charge in [0.15, 0.2) is 11.6 Å². The standard InChI is InChI=1S/C10H11BrF2O3S/c1-17(14,15)4-2-3-16-9-6-7(11)5-8(12)10(9)13/h5-6H,2-4H2,1H3. The molecule has 0 atom stereocenters. The fourth-order valence-corrected chi connectivity index (χ4v) is 2.19. The smallest absolute Gasteiger partial charge is 0.200 e. The predicted molar refractivity (Wildman–Crippen MR) is 63.9 cm³/mol. The van der Waals surface area contributed by atoms with Crippen molar-refractivity contribution in [2.24, 2.45) is 0 Å². The van der Waals surface area contributed by atoms with Crippen LogP contribution < -0.4 is 4.74 Å². The van der Waals surface area contributed by atoms with E-state index in [1.54, 1.807) is 0 Å². The van der Waals surface area contributed by atoms with Crippen LogP contribution >= 0.6 is 15.9 Å². The SMILES string of the molecule is CS(=O)(=O)CCCOc1cc(Br)cc(F)c1F. The van der Waals surface area contributed by atoms with E-state index in [1.807, 2.05) is 0 Å². The van der Waals surface area contributed by atoms with Gasteiger partial charge < -0.3 is 4.74 Å². The molecule has 0 heterocycles. The second-order valence-electron chi connectivity index (χ2n) is 3.53. The third kappa shape index (κ3) is 4.99. The van der Waals surface area contributed by atoms with Gasteiger partial charge in [-0.25, -0.2) is 12.8 Å². The number of benzene rings is 1. The summed E-state index contributed by atoms with van der Waals surface area (Å²) in [5, 5.41) is 0. The fraction of sp³-hybridized carbons (Fsp3) is 0.400. The van der Waals surface area contributed by atoms with Crippen LogP contribution in [0.4, 0.5) is 8.78 Å². The molecule has 0 N–H and O–H groups in total. The monoisotopic (exact) mass is 328 g/mol. The van der Waals surface area contributed by atoms with Crippen molar-refractivity contribution in [2.45, 2.75) is 6.42 Å². The van der Waals surface area contributed by atoms with Crippen molar-refractivity contribution < 1.29 is 21.9 Å². The predicted octanol–water partition coefficient (Wildman–Crippen LogP) is 2.54. The number of hydrogen-bond acceptors (Lipinski definition) is 3. The third-order valence-corrected chi connectivity index (χ3v) is 3.36. The molecule has 0 fully saturated rings. The van der Waals surface area contributed by atoms with Crippen LogP contribution in [-0.2, 0) is 9.84 Å². The van der Waals surface area contributed by atoms with Gasteiger partial charge in [-0.15, -0.1) is 0 Å². The number of rotatable bonds is 5. The highest BCUT2D eigenvalue weighted by Gasteiger charge is 2.11. The Balaban J connectivity index is 2.58. The first kappa shape index (κ1) is 14.4. The molecule has 3 nitrogen and oxygen atoms in total. The average Bonchev–Trinajstić information content (AvgIpc) is 2.18. The van der Waals surface area contributed by atoms with E-state index in [2.05, 4.69) is 15.9 Å². The van der Waals surface area contributed by atoms with Crippen molar-refractivity contribution in [1.29, 1.82) is 0 Å². The van der Waals surface area contributed by atoms with Gasteiger partial charge in [-0.2, -0.15) is 4.39 Å². The van der Waals surface area contributed by atoms with Gasteiger partial charge in [-0.05, 0) is 18.6 Å². The van der Waals surface area contributed by atoms with E-state index < -0.39 is 21.5 Å². The van der Waals surface area contributed by atoms with Crippen LogP contribution in [0.5, 0.6) is 5.75 Å². The minimum atomic E-state index is -3.06. The van der Waals surface area contributed by atoms with Gasteiger partial charge in [0.25, 0.3) is 0 Å². The summed E-state index contributed by atoms with van der Waals surface area (Å²) < 4.78 is 53.1. The number of hydrogen-bond donors (Lipinski definition) is 0. The Labute approximate surface area is 107 Å². The molecule has 0 spiro atoms. The van der Waals surface area contributed by atoms with Crippen LogP contribution in [0.1, 0.15) is 6.42 Å². The van der Waals surface area contributed by atoms with Crippen molar-refractivity contribution in [1.82, 2.24) is 0 Å². The molecule has 7 heteroatoms. The molecule has 17 heavy (non-hydrogen) atoms. The van der Waals surface area contributed by atoms with Crippen molar-refractivity contribution in [3.8, 4) is 5.75 Å². The van der Waals surface area contributed by atoms with E-state index in [-0.39, 0.29) is 24.5 Å². The zero-order valence-corrected chi connectivity index (χ0v) is 11.4. The highest BCUT2D eigenvalue weighted by atomic mass is 79.9. The van der Waals surface area contributed by atoms with E-state index >= 15 is 0 Å². The Kier molecular flexibility index (Phi) is 4.88.